The van der Waals surface area contributed by atoms with Gasteiger partial charge in [-0.05, 0) is 31.0 Å². The molecule has 2 N–H and O–H groups in total. The predicted molar refractivity (Wildman–Crippen MR) is 101 cm³/mol. The molecule has 0 bridgehead atoms. The number of hydrogen-bond donors (Lipinski definition) is 2. The van der Waals surface area contributed by atoms with Crippen LogP contribution < -0.4 is 10.6 Å². The quantitative estimate of drug-likeness (QED) is 0.639. The Kier molecular flexibility index (Phi) is 5.58. The second kappa shape index (κ2) is 8.24. The summed E-state index contributed by atoms with van der Waals surface area (Å²) in [6, 6.07) is 9.51. The summed E-state index contributed by atoms with van der Waals surface area (Å²) < 4.78 is 1.88. The fraction of sp³-hybridized carbons (Fsp3) is 0.263. The summed E-state index contributed by atoms with van der Waals surface area (Å²) in [5.41, 5.74) is 1.89. The van der Waals surface area contributed by atoms with Crippen LogP contribution in [0.1, 0.15) is 28.7 Å². The molecule has 0 saturated carbocycles. The van der Waals surface area contributed by atoms with Crippen LogP contribution in [0.25, 0.3) is 5.82 Å². The fourth-order valence-electron chi connectivity index (χ4n) is 2.56. The highest BCUT2D eigenvalue weighted by molar-refractivity contribution is 5.94. The molecule has 0 aliphatic heterocycles. The van der Waals surface area contributed by atoms with Crippen molar-refractivity contribution in [2.45, 2.75) is 20.3 Å². The van der Waals surface area contributed by atoms with Gasteiger partial charge in [0.15, 0.2) is 0 Å². The molecule has 1 amide bonds. The Morgan fingerprint density at radius 3 is 2.62 bits per heavy atom. The number of benzene rings is 1. The van der Waals surface area contributed by atoms with Crippen LogP contribution in [0.2, 0.25) is 0 Å². The number of amides is 1. The number of nitrogens with zero attached hydrogens (tertiary/aromatic N) is 4. The number of anilines is 1. The maximum Gasteiger partial charge on any atom is 0.251 e. The second-order valence-electron chi connectivity index (χ2n) is 5.84. The van der Waals surface area contributed by atoms with Crippen LogP contribution >= 0.6 is 0 Å². The third-order valence-corrected chi connectivity index (χ3v) is 4.07. The highest BCUT2D eigenvalue weighted by atomic mass is 16.1. The third-order valence-electron chi connectivity index (χ3n) is 4.07. The van der Waals surface area contributed by atoms with Crippen molar-refractivity contribution in [3.63, 3.8) is 0 Å². The number of aryl methyl sites for hydroxylation is 2. The van der Waals surface area contributed by atoms with E-state index < -0.39 is 0 Å². The molecule has 1 aromatic carbocycles. The molecular weight excluding hydrogens is 328 g/mol. The molecule has 0 aliphatic carbocycles. The zero-order valence-electron chi connectivity index (χ0n) is 14.9. The standard InChI is InChI=1S/C19H22N6O/c1-3-15-4-6-16(7-5-15)19(26)22-9-8-21-17-12-18(24-13-23-17)25-11-10-20-14(25)2/h4-7,10-13H,3,8-9H2,1-2H3,(H,22,26)(H,21,23,24). The second-order valence-corrected chi connectivity index (χ2v) is 5.84. The number of carbonyl (C=O) groups is 1. The number of rotatable bonds is 7. The van der Waals surface area contributed by atoms with Gasteiger partial charge in [0, 0.05) is 37.1 Å². The van der Waals surface area contributed by atoms with Gasteiger partial charge in [-0.2, -0.15) is 0 Å². The van der Waals surface area contributed by atoms with Crippen molar-refractivity contribution < 1.29 is 4.79 Å². The summed E-state index contributed by atoms with van der Waals surface area (Å²) in [5.74, 6) is 2.23. The summed E-state index contributed by atoms with van der Waals surface area (Å²) >= 11 is 0. The largest absolute Gasteiger partial charge is 0.368 e. The van der Waals surface area contributed by atoms with Crippen molar-refractivity contribution >= 4 is 11.7 Å². The Labute approximate surface area is 152 Å². The first-order valence-corrected chi connectivity index (χ1v) is 8.60. The number of hydrogen-bond acceptors (Lipinski definition) is 5. The van der Waals surface area contributed by atoms with Crippen molar-refractivity contribution in [3.05, 3.63) is 66.0 Å². The van der Waals surface area contributed by atoms with Crippen molar-refractivity contribution in [1.82, 2.24) is 24.8 Å². The van der Waals surface area contributed by atoms with Gasteiger partial charge in [0.2, 0.25) is 0 Å². The van der Waals surface area contributed by atoms with Crippen molar-refractivity contribution in [1.29, 1.82) is 0 Å². The lowest BCUT2D eigenvalue weighted by Gasteiger charge is -2.09. The molecule has 0 atom stereocenters. The molecule has 7 heteroatoms. The summed E-state index contributed by atoms with van der Waals surface area (Å²) in [6.07, 6.45) is 6.05. The molecular formula is C19H22N6O. The van der Waals surface area contributed by atoms with E-state index in [-0.39, 0.29) is 5.91 Å². The first kappa shape index (κ1) is 17.6. The zero-order valence-corrected chi connectivity index (χ0v) is 14.9. The number of carbonyl (C=O) groups excluding carboxylic acids is 1. The minimum absolute atomic E-state index is 0.0770. The third kappa shape index (κ3) is 4.24. The van der Waals surface area contributed by atoms with Crippen molar-refractivity contribution in [3.8, 4) is 5.82 Å². The first-order chi connectivity index (χ1) is 12.7. The van der Waals surface area contributed by atoms with Crippen molar-refractivity contribution in [2.75, 3.05) is 18.4 Å². The summed E-state index contributed by atoms with van der Waals surface area (Å²) in [6.45, 7) is 5.07. The van der Waals surface area contributed by atoms with Gasteiger partial charge in [-0.25, -0.2) is 15.0 Å². The number of imidazole rings is 1. The van der Waals surface area contributed by atoms with Crippen LogP contribution in [0.5, 0.6) is 0 Å². The van der Waals surface area contributed by atoms with E-state index in [0.29, 0.717) is 24.5 Å². The Hall–Kier alpha value is -3.22. The zero-order chi connectivity index (χ0) is 18.4. The van der Waals surface area contributed by atoms with Gasteiger partial charge in [0.25, 0.3) is 5.91 Å². The monoisotopic (exact) mass is 350 g/mol. The molecule has 26 heavy (non-hydrogen) atoms. The van der Waals surface area contributed by atoms with Gasteiger partial charge in [0.1, 0.15) is 23.8 Å². The normalized spacial score (nSPS) is 10.5. The summed E-state index contributed by atoms with van der Waals surface area (Å²) in [5, 5.41) is 6.09. The molecule has 3 rings (SSSR count). The van der Waals surface area contributed by atoms with E-state index in [9.17, 15) is 4.79 Å². The van der Waals surface area contributed by atoms with E-state index in [1.54, 1.807) is 6.20 Å². The number of nitrogens with one attached hydrogen (secondary N) is 2. The van der Waals surface area contributed by atoms with Crippen molar-refractivity contribution in [2.24, 2.45) is 0 Å². The van der Waals surface area contributed by atoms with Crippen LogP contribution in [0, 0.1) is 6.92 Å². The molecule has 0 aliphatic rings. The van der Waals surface area contributed by atoms with E-state index in [1.165, 1.54) is 11.9 Å². The molecule has 0 spiro atoms. The Balaban J connectivity index is 1.50. The van der Waals surface area contributed by atoms with Gasteiger partial charge >= 0.3 is 0 Å². The smallest absolute Gasteiger partial charge is 0.251 e. The maximum absolute atomic E-state index is 12.1. The van der Waals surface area contributed by atoms with Crippen LogP contribution in [-0.4, -0.2) is 38.5 Å². The summed E-state index contributed by atoms with van der Waals surface area (Å²) in [7, 11) is 0. The molecule has 7 nitrogen and oxygen atoms in total. The minimum Gasteiger partial charge on any atom is -0.368 e. The highest BCUT2D eigenvalue weighted by Crippen LogP contribution is 2.10. The van der Waals surface area contributed by atoms with E-state index in [4.69, 9.17) is 0 Å². The van der Waals surface area contributed by atoms with Gasteiger partial charge in [-0.1, -0.05) is 19.1 Å². The molecule has 0 unspecified atom stereocenters. The van der Waals surface area contributed by atoms with Crippen LogP contribution in [0.3, 0.4) is 0 Å². The first-order valence-electron chi connectivity index (χ1n) is 8.60. The maximum atomic E-state index is 12.1. The van der Waals surface area contributed by atoms with E-state index in [0.717, 1.165) is 18.1 Å². The van der Waals surface area contributed by atoms with Gasteiger partial charge in [-0.15, -0.1) is 0 Å². The van der Waals surface area contributed by atoms with E-state index in [1.807, 2.05) is 48.0 Å². The lowest BCUT2D eigenvalue weighted by Crippen LogP contribution is -2.28. The van der Waals surface area contributed by atoms with Gasteiger partial charge < -0.3 is 10.6 Å². The predicted octanol–water partition coefficient (Wildman–Crippen LogP) is 2.38. The molecule has 0 saturated heterocycles. The molecule has 0 fully saturated rings. The topological polar surface area (TPSA) is 84.7 Å². The minimum atomic E-state index is -0.0770. The Morgan fingerprint density at radius 1 is 1.12 bits per heavy atom. The molecule has 3 aromatic rings. The lowest BCUT2D eigenvalue weighted by atomic mass is 10.1. The average Bonchev–Trinajstić information content (AvgIpc) is 3.11. The molecule has 134 valence electrons. The Morgan fingerprint density at radius 2 is 1.92 bits per heavy atom. The fourth-order valence-corrected chi connectivity index (χ4v) is 2.56. The number of aromatic nitrogens is 4. The lowest BCUT2D eigenvalue weighted by molar-refractivity contribution is 0.0955. The van der Waals surface area contributed by atoms with Crippen LogP contribution in [0.4, 0.5) is 5.82 Å². The average molecular weight is 350 g/mol. The molecule has 2 aromatic heterocycles. The van der Waals surface area contributed by atoms with Gasteiger partial charge in [0.05, 0.1) is 0 Å². The SMILES string of the molecule is CCc1ccc(C(=O)NCCNc2cc(-n3ccnc3C)ncn2)cc1. The van der Waals surface area contributed by atoms with Crippen LogP contribution in [0.15, 0.2) is 49.1 Å². The summed E-state index contributed by atoms with van der Waals surface area (Å²) in [4.78, 5) is 24.8. The van der Waals surface area contributed by atoms with Gasteiger partial charge in [-0.3, -0.25) is 9.36 Å². The van der Waals surface area contributed by atoms with E-state index >= 15 is 0 Å². The Bertz CT molecular complexity index is 872. The van der Waals surface area contributed by atoms with Crippen LogP contribution in [-0.2, 0) is 6.42 Å². The van der Waals surface area contributed by atoms with E-state index in [2.05, 4.69) is 32.5 Å². The molecule has 0 radical (unpaired) electrons. The molecule has 2 heterocycles. The highest BCUT2D eigenvalue weighted by Gasteiger charge is 2.06.